The molecule has 4 rings (SSSR count). The van der Waals surface area contributed by atoms with Gasteiger partial charge in [0.1, 0.15) is 11.7 Å². The number of ether oxygens (including phenoxy) is 2. The molecule has 2 amide bonds. The van der Waals surface area contributed by atoms with Crippen LogP contribution in [0.4, 0.5) is 11.4 Å². The number of anilines is 2. The van der Waals surface area contributed by atoms with Crippen LogP contribution in [-0.4, -0.2) is 41.5 Å². The van der Waals surface area contributed by atoms with Crippen molar-refractivity contribution < 1.29 is 29.0 Å². The number of nitrogens with one attached hydrogen (secondary N) is 2. The normalized spacial score (nSPS) is 20.9. The Morgan fingerprint density at radius 2 is 1.51 bits per heavy atom. The smallest absolute Gasteiger partial charge is 0.235 e. The number of rotatable bonds is 12. The minimum atomic E-state index is -1.76. The van der Waals surface area contributed by atoms with E-state index in [1.54, 1.807) is 24.3 Å². The molecular formula is C38H47BrN2O6. The highest BCUT2D eigenvalue weighted by atomic mass is 79.9. The number of ketones is 1. The number of Topliss-reactive ketones (excluding diaryl/α,β-unsaturated/α-hetero) is 1. The molecule has 1 saturated carbocycles. The quantitative estimate of drug-likeness (QED) is 0.130. The van der Waals surface area contributed by atoms with E-state index in [1.165, 1.54) is 6.92 Å². The summed E-state index contributed by atoms with van der Waals surface area (Å²) >= 11 is 3.65. The van der Waals surface area contributed by atoms with Gasteiger partial charge in [-0.2, -0.15) is 0 Å². The predicted octanol–water partition coefficient (Wildman–Crippen LogP) is 7.97. The molecule has 3 N–H and O–H groups in total. The van der Waals surface area contributed by atoms with Crippen LogP contribution < -0.4 is 20.1 Å². The number of amides is 2. The number of halogens is 1. The third kappa shape index (κ3) is 8.07. The number of hydrogen-bond acceptors (Lipinski definition) is 6. The Labute approximate surface area is 286 Å². The van der Waals surface area contributed by atoms with Gasteiger partial charge in [0.15, 0.2) is 11.5 Å². The molecule has 9 heteroatoms. The molecule has 0 saturated heterocycles. The van der Waals surface area contributed by atoms with Crippen LogP contribution in [0.3, 0.4) is 0 Å². The molecule has 1 aliphatic carbocycles. The second-order valence-corrected chi connectivity index (χ2v) is 13.6. The molecule has 3 aromatic rings. The minimum absolute atomic E-state index is 0.343. The van der Waals surface area contributed by atoms with Crippen molar-refractivity contribution >= 4 is 44.9 Å². The second kappa shape index (κ2) is 15.5. The van der Waals surface area contributed by atoms with E-state index in [0.717, 1.165) is 41.5 Å². The zero-order valence-electron chi connectivity index (χ0n) is 28.5. The number of benzene rings is 3. The van der Waals surface area contributed by atoms with Gasteiger partial charge in [-0.1, -0.05) is 44.0 Å². The Kier molecular flexibility index (Phi) is 11.9. The summed E-state index contributed by atoms with van der Waals surface area (Å²) in [5, 5.41) is 17.8. The molecule has 0 heterocycles. The highest BCUT2D eigenvalue weighted by Gasteiger charge is 2.56. The van der Waals surface area contributed by atoms with Crippen LogP contribution in [0.2, 0.25) is 0 Å². The molecule has 0 radical (unpaired) electrons. The fraction of sp³-hybridized carbons (Fsp3) is 0.447. The van der Waals surface area contributed by atoms with Gasteiger partial charge >= 0.3 is 0 Å². The van der Waals surface area contributed by atoms with Crippen molar-refractivity contribution in [2.24, 2.45) is 11.8 Å². The van der Waals surface area contributed by atoms with Crippen LogP contribution in [0.25, 0.3) is 0 Å². The molecule has 0 aromatic heterocycles. The first-order valence-electron chi connectivity index (χ1n) is 16.4. The molecular weight excluding hydrogens is 660 g/mol. The van der Waals surface area contributed by atoms with Gasteiger partial charge in [-0.25, -0.2) is 0 Å². The molecule has 1 fully saturated rings. The number of unbranched alkanes of at least 4 members (excludes halogenated alkanes) is 2. The summed E-state index contributed by atoms with van der Waals surface area (Å²) in [6, 6.07) is 14.7. The Bertz CT molecular complexity index is 1630. The number of carbonyl (C=O) groups is 3. The van der Waals surface area contributed by atoms with Crippen molar-refractivity contribution in [1.82, 2.24) is 0 Å². The largest absolute Gasteiger partial charge is 0.490 e. The Morgan fingerprint density at radius 1 is 0.915 bits per heavy atom. The molecule has 47 heavy (non-hydrogen) atoms. The SMILES string of the molecule is CCCCCOc1c(Br)cc(C2C(C(=O)Nc3cccc(C)c3C)C(=O)CC(C)(O)C2C(=O)Nc2cccc(C)c2C)cc1OCC. The number of hydrogen-bond donors (Lipinski definition) is 3. The lowest BCUT2D eigenvalue weighted by molar-refractivity contribution is -0.150. The average Bonchev–Trinajstić information content (AvgIpc) is 3.00. The molecule has 0 bridgehead atoms. The lowest BCUT2D eigenvalue weighted by Gasteiger charge is -2.44. The Morgan fingerprint density at radius 3 is 2.09 bits per heavy atom. The van der Waals surface area contributed by atoms with Crippen molar-refractivity contribution in [3.05, 3.63) is 80.8 Å². The summed E-state index contributed by atoms with van der Waals surface area (Å²) in [4.78, 5) is 42.5. The molecule has 0 aliphatic heterocycles. The zero-order chi connectivity index (χ0) is 34.5. The van der Waals surface area contributed by atoms with Crippen molar-refractivity contribution in [2.45, 2.75) is 85.7 Å². The standard InChI is InChI=1S/C38H47BrN2O6/c1-8-10-11-18-47-35-27(39)19-26(20-31(35)46-9-2)32-33(36(43)40-28-16-12-14-22(3)24(28)5)30(42)21-38(7,45)34(32)37(44)41-29-17-13-15-23(4)25(29)6/h12-17,19-20,32-34,45H,8-11,18,21H2,1-7H3,(H,40,43)(H,41,44). The first kappa shape index (κ1) is 36.2. The third-order valence-corrected chi connectivity index (χ3v) is 9.86. The van der Waals surface area contributed by atoms with Crippen LogP contribution in [-0.2, 0) is 14.4 Å². The van der Waals surface area contributed by atoms with Crippen LogP contribution in [0.1, 0.15) is 80.2 Å². The molecule has 0 spiro atoms. The summed E-state index contributed by atoms with van der Waals surface area (Å²) < 4.78 is 12.7. The van der Waals surface area contributed by atoms with Crippen LogP contribution in [0.5, 0.6) is 11.5 Å². The van der Waals surface area contributed by atoms with E-state index in [4.69, 9.17) is 9.47 Å². The maximum Gasteiger partial charge on any atom is 0.235 e. The first-order chi connectivity index (χ1) is 22.3. The van der Waals surface area contributed by atoms with E-state index >= 15 is 0 Å². The van der Waals surface area contributed by atoms with Gasteiger partial charge in [-0.05, 0) is 116 Å². The number of aryl methyl sites for hydroxylation is 2. The van der Waals surface area contributed by atoms with Crippen molar-refractivity contribution in [3.63, 3.8) is 0 Å². The zero-order valence-corrected chi connectivity index (χ0v) is 30.0. The fourth-order valence-corrected chi connectivity index (χ4v) is 6.97. The summed E-state index contributed by atoms with van der Waals surface area (Å²) in [6.07, 6.45) is 2.58. The maximum atomic E-state index is 14.3. The van der Waals surface area contributed by atoms with Gasteiger partial charge in [0.2, 0.25) is 11.8 Å². The lowest BCUT2D eigenvalue weighted by atomic mass is 9.61. The summed E-state index contributed by atoms with van der Waals surface area (Å²) in [5.41, 5.74) is 3.68. The predicted molar refractivity (Wildman–Crippen MR) is 189 cm³/mol. The van der Waals surface area contributed by atoms with Crippen LogP contribution in [0.15, 0.2) is 53.0 Å². The van der Waals surface area contributed by atoms with E-state index in [0.29, 0.717) is 46.1 Å². The van der Waals surface area contributed by atoms with Crippen molar-refractivity contribution in [2.75, 3.05) is 23.8 Å². The summed E-state index contributed by atoms with van der Waals surface area (Å²) in [5.74, 6) is -4.03. The van der Waals surface area contributed by atoms with E-state index < -0.39 is 41.0 Å². The number of aliphatic hydroxyl groups is 1. The highest BCUT2D eigenvalue weighted by molar-refractivity contribution is 9.10. The molecule has 252 valence electrons. The van der Waals surface area contributed by atoms with E-state index in [1.807, 2.05) is 58.9 Å². The van der Waals surface area contributed by atoms with Crippen molar-refractivity contribution in [3.8, 4) is 11.5 Å². The average molecular weight is 708 g/mol. The first-order valence-corrected chi connectivity index (χ1v) is 17.2. The van der Waals surface area contributed by atoms with Gasteiger partial charge in [0.05, 0.1) is 29.2 Å². The Hall–Kier alpha value is -3.69. The molecule has 3 aromatic carbocycles. The second-order valence-electron chi connectivity index (χ2n) is 12.8. The monoisotopic (exact) mass is 706 g/mol. The summed E-state index contributed by atoms with van der Waals surface area (Å²) in [7, 11) is 0. The lowest BCUT2D eigenvalue weighted by Crippen LogP contribution is -2.56. The van der Waals surface area contributed by atoms with Crippen molar-refractivity contribution in [1.29, 1.82) is 0 Å². The van der Waals surface area contributed by atoms with E-state index in [2.05, 4.69) is 33.5 Å². The van der Waals surface area contributed by atoms with Gasteiger partial charge in [-0.3, -0.25) is 14.4 Å². The van der Waals surface area contributed by atoms with E-state index in [-0.39, 0.29) is 6.42 Å². The topological polar surface area (TPSA) is 114 Å². The third-order valence-electron chi connectivity index (χ3n) is 9.27. The van der Waals surface area contributed by atoms with Crippen LogP contribution in [0, 0.1) is 39.5 Å². The number of carbonyl (C=O) groups excluding carboxylic acids is 3. The Balaban J connectivity index is 1.86. The van der Waals surface area contributed by atoms with Gasteiger partial charge in [0, 0.05) is 23.7 Å². The molecule has 1 aliphatic rings. The molecule has 4 unspecified atom stereocenters. The van der Waals surface area contributed by atoms with Gasteiger partial charge < -0.3 is 25.2 Å². The minimum Gasteiger partial charge on any atom is -0.490 e. The highest BCUT2D eigenvalue weighted by Crippen LogP contribution is 2.49. The van der Waals surface area contributed by atoms with Gasteiger partial charge in [-0.15, -0.1) is 0 Å². The van der Waals surface area contributed by atoms with Gasteiger partial charge in [0.25, 0.3) is 0 Å². The van der Waals surface area contributed by atoms with Crippen LogP contribution >= 0.6 is 15.9 Å². The molecule has 8 nitrogen and oxygen atoms in total. The maximum absolute atomic E-state index is 14.3. The molecule has 4 atom stereocenters. The van der Waals surface area contributed by atoms with E-state index in [9.17, 15) is 19.5 Å². The summed E-state index contributed by atoms with van der Waals surface area (Å²) in [6.45, 7) is 14.0. The fourth-order valence-electron chi connectivity index (χ4n) is 6.40.